The zero-order valence-electron chi connectivity index (χ0n) is 9.50. The molecular weight excluding hydrogens is 222 g/mol. The van der Waals surface area contributed by atoms with Gasteiger partial charge in [-0.2, -0.15) is 0 Å². The molecule has 0 saturated carbocycles. The molecule has 5 nitrogen and oxygen atoms in total. The number of hydrogen-bond acceptors (Lipinski definition) is 4. The average molecular weight is 237 g/mol. The molecule has 0 saturated heterocycles. The summed E-state index contributed by atoms with van der Waals surface area (Å²) in [5, 5.41) is 8.91. The average Bonchev–Trinajstić information content (AvgIpc) is 2.35. The second-order valence-electron chi connectivity index (χ2n) is 3.67. The Morgan fingerprint density at radius 1 is 1.35 bits per heavy atom. The van der Waals surface area contributed by atoms with E-state index in [9.17, 15) is 9.59 Å². The van der Waals surface area contributed by atoms with Crippen molar-refractivity contribution in [3.05, 3.63) is 35.9 Å². The van der Waals surface area contributed by atoms with Gasteiger partial charge in [-0.05, 0) is 12.0 Å². The van der Waals surface area contributed by atoms with Gasteiger partial charge in [0.05, 0.1) is 7.11 Å². The first kappa shape index (κ1) is 13.2. The molecule has 1 aromatic rings. The third-order valence-corrected chi connectivity index (χ3v) is 2.50. The number of benzene rings is 1. The van der Waals surface area contributed by atoms with Crippen molar-refractivity contribution in [2.75, 3.05) is 7.11 Å². The van der Waals surface area contributed by atoms with Gasteiger partial charge < -0.3 is 15.6 Å². The van der Waals surface area contributed by atoms with E-state index in [0.29, 0.717) is 0 Å². The smallest absolute Gasteiger partial charge is 0.320 e. The van der Waals surface area contributed by atoms with E-state index in [2.05, 4.69) is 4.74 Å². The van der Waals surface area contributed by atoms with Crippen molar-refractivity contribution in [1.29, 1.82) is 0 Å². The summed E-state index contributed by atoms with van der Waals surface area (Å²) in [5.74, 6) is -3.22. The lowest BCUT2D eigenvalue weighted by Gasteiger charge is -2.16. The highest BCUT2D eigenvalue weighted by atomic mass is 16.5. The maximum atomic E-state index is 11.3. The molecule has 0 radical (unpaired) electrons. The molecule has 0 amide bonds. The van der Waals surface area contributed by atoms with Gasteiger partial charge in [-0.15, -0.1) is 0 Å². The topological polar surface area (TPSA) is 89.6 Å². The molecule has 1 aromatic carbocycles. The molecule has 0 bridgehead atoms. The molecule has 0 heterocycles. The summed E-state index contributed by atoms with van der Waals surface area (Å²) >= 11 is 0. The van der Waals surface area contributed by atoms with Gasteiger partial charge in [0.1, 0.15) is 0 Å². The van der Waals surface area contributed by atoms with Crippen molar-refractivity contribution in [3.63, 3.8) is 0 Å². The highest BCUT2D eigenvalue weighted by Gasteiger charge is 2.29. The first-order chi connectivity index (χ1) is 8.06. The number of esters is 1. The van der Waals surface area contributed by atoms with Crippen LogP contribution in [0, 0.1) is 5.92 Å². The standard InChI is InChI=1S/C12H15NO4/c1-17-12(16)9(11(14)15)7-10(13)8-5-3-2-4-6-8/h2-6,9-10H,7,13H2,1H3,(H,14,15). The van der Waals surface area contributed by atoms with Crippen LogP contribution in [0.1, 0.15) is 18.0 Å². The molecule has 2 unspecified atom stereocenters. The van der Waals surface area contributed by atoms with Crippen LogP contribution >= 0.6 is 0 Å². The fourth-order valence-corrected chi connectivity index (χ4v) is 1.53. The Balaban J connectivity index is 2.74. The van der Waals surface area contributed by atoms with Crippen molar-refractivity contribution < 1.29 is 19.4 Å². The zero-order valence-corrected chi connectivity index (χ0v) is 9.50. The summed E-state index contributed by atoms with van der Waals surface area (Å²) < 4.78 is 4.44. The molecular formula is C12H15NO4. The van der Waals surface area contributed by atoms with Crippen molar-refractivity contribution in [1.82, 2.24) is 0 Å². The molecule has 0 aliphatic heterocycles. The Hall–Kier alpha value is -1.88. The summed E-state index contributed by atoms with van der Waals surface area (Å²) in [4.78, 5) is 22.2. The summed E-state index contributed by atoms with van der Waals surface area (Å²) in [6.45, 7) is 0. The number of carboxylic acids is 1. The highest BCUT2D eigenvalue weighted by Crippen LogP contribution is 2.19. The molecule has 0 aliphatic carbocycles. The van der Waals surface area contributed by atoms with Crippen LogP contribution in [-0.4, -0.2) is 24.2 Å². The van der Waals surface area contributed by atoms with Crippen LogP contribution in [0.4, 0.5) is 0 Å². The van der Waals surface area contributed by atoms with Crippen LogP contribution in [0.2, 0.25) is 0 Å². The van der Waals surface area contributed by atoms with E-state index in [-0.39, 0.29) is 6.42 Å². The molecule has 2 atom stereocenters. The third-order valence-electron chi connectivity index (χ3n) is 2.50. The Kier molecular flexibility index (Phi) is 4.66. The second kappa shape index (κ2) is 6.00. The van der Waals surface area contributed by atoms with Gasteiger partial charge >= 0.3 is 11.9 Å². The Morgan fingerprint density at radius 2 is 1.94 bits per heavy atom. The lowest BCUT2D eigenvalue weighted by Crippen LogP contribution is -2.29. The number of aliphatic carboxylic acids is 1. The maximum absolute atomic E-state index is 11.3. The second-order valence-corrected chi connectivity index (χ2v) is 3.67. The van der Waals surface area contributed by atoms with Crippen LogP contribution in [0.15, 0.2) is 30.3 Å². The van der Waals surface area contributed by atoms with Crippen molar-refractivity contribution in [2.24, 2.45) is 11.7 Å². The Labute approximate surface area is 99.2 Å². The van der Waals surface area contributed by atoms with Crippen LogP contribution in [0.3, 0.4) is 0 Å². The lowest BCUT2D eigenvalue weighted by atomic mass is 9.95. The van der Waals surface area contributed by atoms with Crippen molar-refractivity contribution in [3.8, 4) is 0 Å². The number of carboxylic acid groups (broad SMARTS) is 1. The predicted octanol–water partition coefficient (Wildman–Crippen LogP) is 0.950. The van der Waals surface area contributed by atoms with Gasteiger partial charge in [0, 0.05) is 6.04 Å². The van der Waals surface area contributed by atoms with E-state index < -0.39 is 23.9 Å². The molecule has 17 heavy (non-hydrogen) atoms. The minimum absolute atomic E-state index is 0.0199. The summed E-state index contributed by atoms with van der Waals surface area (Å²) in [7, 11) is 1.16. The SMILES string of the molecule is COC(=O)C(CC(N)c1ccccc1)C(=O)O. The van der Waals surface area contributed by atoms with Gasteiger partial charge in [0.2, 0.25) is 0 Å². The van der Waals surface area contributed by atoms with E-state index >= 15 is 0 Å². The predicted molar refractivity (Wildman–Crippen MR) is 61.1 cm³/mol. The van der Waals surface area contributed by atoms with Gasteiger partial charge in [-0.3, -0.25) is 9.59 Å². The van der Waals surface area contributed by atoms with E-state index in [1.165, 1.54) is 0 Å². The first-order valence-corrected chi connectivity index (χ1v) is 5.17. The summed E-state index contributed by atoms with van der Waals surface area (Å²) in [6.07, 6.45) is 0.0199. The minimum atomic E-state index is -1.23. The number of hydrogen-bond donors (Lipinski definition) is 2. The molecule has 0 aromatic heterocycles. The quantitative estimate of drug-likeness (QED) is 0.588. The number of carbonyl (C=O) groups is 2. The third kappa shape index (κ3) is 3.57. The highest BCUT2D eigenvalue weighted by molar-refractivity contribution is 5.93. The largest absolute Gasteiger partial charge is 0.481 e. The number of nitrogens with two attached hydrogens (primary N) is 1. The number of ether oxygens (including phenoxy) is 1. The van der Waals surface area contributed by atoms with Crippen LogP contribution in [-0.2, 0) is 14.3 Å². The lowest BCUT2D eigenvalue weighted by molar-refractivity contribution is -0.157. The molecule has 3 N–H and O–H groups in total. The van der Waals surface area contributed by atoms with Crippen molar-refractivity contribution in [2.45, 2.75) is 12.5 Å². The fraction of sp³-hybridized carbons (Fsp3) is 0.333. The minimum Gasteiger partial charge on any atom is -0.481 e. The Bertz CT molecular complexity index is 391. The molecule has 0 spiro atoms. The van der Waals surface area contributed by atoms with E-state index in [1.807, 2.05) is 18.2 Å². The van der Waals surface area contributed by atoms with Crippen LogP contribution in [0.25, 0.3) is 0 Å². The molecule has 92 valence electrons. The molecule has 5 heteroatoms. The van der Waals surface area contributed by atoms with E-state index in [0.717, 1.165) is 12.7 Å². The van der Waals surface area contributed by atoms with Gasteiger partial charge in [-0.25, -0.2) is 0 Å². The summed E-state index contributed by atoms with van der Waals surface area (Å²) in [5.41, 5.74) is 6.65. The Morgan fingerprint density at radius 3 is 2.41 bits per heavy atom. The van der Waals surface area contributed by atoms with Gasteiger partial charge in [0.15, 0.2) is 5.92 Å². The number of rotatable bonds is 5. The number of carbonyl (C=O) groups excluding carboxylic acids is 1. The maximum Gasteiger partial charge on any atom is 0.320 e. The molecule has 0 aliphatic rings. The van der Waals surface area contributed by atoms with E-state index in [1.54, 1.807) is 12.1 Å². The molecule has 0 fully saturated rings. The van der Waals surface area contributed by atoms with Gasteiger partial charge in [-0.1, -0.05) is 30.3 Å². The normalized spacial score (nSPS) is 13.8. The van der Waals surface area contributed by atoms with Gasteiger partial charge in [0.25, 0.3) is 0 Å². The van der Waals surface area contributed by atoms with Crippen LogP contribution in [0.5, 0.6) is 0 Å². The number of methoxy groups -OCH3 is 1. The van der Waals surface area contributed by atoms with Crippen LogP contribution < -0.4 is 5.73 Å². The summed E-state index contributed by atoms with van der Waals surface area (Å²) in [6, 6.07) is 8.54. The first-order valence-electron chi connectivity index (χ1n) is 5.17. The monoisotopic (exact) mass is 237 g/mol. The molecule has 1 rings (SSSR count). The van der Waals surface area contributed by atoms with Crippen molar-refractivity contribution >= 4 is 11.9 Å². The van der Waals surface area contributed by atoms with E-state index in [4.69, 9.17) is 10.8 Å². The fourth-order valence-electron chi connectivity index (χ4n) is 1.53. The zero-order chi connectivity index (χ0) is 12.8.